The van der Waals surface area contributed by atoms with Gasteiger partial charge in [-0.2, -0.15) is 0 Å². The summed E-state index contributed by atoms with van der Waals surface area (Å²) < 4.78 is 5.19. The van der Waals surface area contributed by atoms with Crippen molar-refractivity contribution >= 4 is 11.6 Å². The zero-order chi connectivity index (χ0) is 15.9. The first kappa shape index (κ1) is 16.0. The van der Waals surface area contributed by atoms with Crippen LogP contribution in [0.25, 0.3) is 0 Å². The molecule has 0 saturated heterocycles. The van der Waals surface area contributed by atoms with Gasteiger partial charge in [-0.15, -0.1) is 0 Å². The van der Waals surface area contributed by atoms with Crippen molar-refractivity contribution in [3.63, 3.8) is 0 Å². The van der Waals surface area contributed by atoms with Gasteiger partial charge in [0, 0.05) is 37.5 Å². The molecule has 0 aliphatic heterocycles. The van der Waals surface area contributed by atoms with Crippen molar-refractivity contribution in [3.05, 3.63) is 53.9 Å². The van der Waals surface area contributed by atoms with E-state index in [0.29, 0.717) is 6.54 Å². The van der Waals surface area contributed by atoms with E-state index in [9.17, 15) is 4.79 Å². The Balaban J connectivity index is 1.99. The minimum Gasteiger partial charge on any atom is -0.497 e. The average molecular weight is 299 g/mol. The first-order chi connectivity index (χ1) is 10.6. The molecule has 2 N–H and O–H groups in total. The number of benzene rings is 1. The Bertz CT molecular complexity index is 643. The van der Waals surface area contributed by atoms with Gasteiger partial charge in [0.25, 0.3) is 0 Å². The summed E-state index contributed by atoms with van der Waals surface area (Å²) in [6, 6.07) is 11.7. The smallest absolute Gasteiger partial charge is 0.221 e. The number of hydrogen-bond acceptors (Lipinski definition) is 4. The Kier molecular flexibility index (Phi) is 5.49. The first-order valence-electron chi connectivity index (χ1n) is 7.18. The molecule has 1 amide bonds. The van der Waals surface area contributed by atoms with Gasteiger partial charge in [0.05, 0.1) is 12.8 Å². The van der Waals surface area contributed by atoms with Gasteiger partial charge in [-0.3, -0.25) is 9.78 Å². The highest BCUT2D eigenvalue weighted by atomic mass is 16.5. The number of anilines is 1. The fourth-order valence-electron chi connectivity index (χ4n) is 2.14. The second-order valence-electron chi connectivity index (χ2n) is 5.10. The molecular weight excluding hydrogens is 278 g/mol. The number of amides is 1. The highest BCUT2D eigenvalue weighted by Crippen LogP contribution is 2.18. The fourth-order valence-corrected chi connectivity index (χ4v) is 2.14. The van der Waals surface area contributed by atoms with Crippen LogP contribution in [0.4, 0.5) is 5.69 Å². The predicted molar refractivity (Wildman–Crippen MR) is 86.8 cm³/mol. The lowest BCUT2D eigenvalue weighted by molar-refractivity contribution is -0.114. The summed E-state index contributed by atoms with van der Waals surface area (Å²) in [5, 5.41) is 6.21. The quantitative estimate of drug-likeness (QED) is 0.861. The Morgan fingerprint density at radius 1 is 1.32 bits per heavy atom. The highest BCUT2D eigenvalue weighted by Gasteiger charge is 2.07. The third-order valence-corrected chi connectivity index (χ3v) is 3.32. The van der Waals surface area contributed by atoms with Crippen molar-refractivity contribution < 1.29 is 9.53 Å². The normalized spacial score (nSPS) is 11.8. The summed E-state index contributed by atoms with van der Waals surface area (Å²) in [5.74, 6) is 0.727. The number of methoxy groups -OCH3 is 1. The van der Waals surface area contributed by atoms with E-state index in [1.165, 1.54) is 6.92 Å². The van der Waals surface area contributed by atoms with Crippen LogP contribution in [0.1, 0.15) is 31.1 Å². The molecule has 5 nitrogen and oxygen atoms in total. The number of hydrogen-bond donors (Lipinski definition) is 2. The predicted octanol–water partition coefficient (Wildman–Crippen LogP) is 2.90. The maximum absolute atomic E-state index is 11.1. The van der Waals surface area contributed by atoms with Crippen molar-refractivity contribution in [3.8, 4) is 5.75 Å². The van der Waals surface area contributed by atoms with Crippen molar-refractivity contribution in [2.75, 3.05) is 12.4 Å². The maximum Gasteiger partial charge on any atom is 0.221 e. The minimum absolute atomic E-state index is 0.0710. The van der Waals surface area contributed by atoms with Gasteiger partial charge in [-0.1, -0.05) is 12.1 Å². The van der Waals surface area contributed by atoms with E-state index in [2.05, 4.69) is 22.5 Å². The van der Waals surface area contributed by atoms with E-state index >= 15 is 0 Å². The molecule has 5 heteroatoms. The molecule has 0 spiro atoms. The number of nitrogens with one attached hydrogen (secondary N) is 2. The van der Waals surface area contributed by atoms with Crippen LogP contribution in [-0.2, 0) is 11.3 Å². The summed E-state index contributed by atoms with van der Waals surface area (Å²) in [7, 11) is 1.64. The molecule has 1 heterocycles. The van der Waals surface area contributed by atoms with Crippen LogP contribution in [0.2, 0.25) is 0 Å². The molecule has 0 unspecified atom stereocenters. The Labute approximate surface area is 130 Å². The van der Waals surface area contributed by atoms with Gasteiger partial charge < -0.3 is 15.4 Å². The number of rotatable bonds is 6. The molecule has 0 fully saturated rings. The Morgan fingerprint density at radius 3 is 2.86 bits per heavy atom. The van der Waals surface area contributed by atoms with E-state index in [-0.39, 0.29) is 11.9 Å². The topological polar surface area (TPSA) is 63.2 Å². The van der Waals surface area contributed by atoms with Crippen LogP contribution in [0.5, 0.6) is 5.75 Å². The van der Waals surface area contributed by atoms with Crippen LogP contribution in [0, 0.1) is 0 Å². The van der Waals surface area contributed by atoms with Crippen molar-refractivity contribution in [2.45, 2.75) is 26.4 Å². The number of carbonyl (C=O) groups excluding carboxylic acids is 1. The van der Waals surface area contributed by atoms with Crippen LogP contribution < -0.4 is 15.4 Å². The van der Waals surface area contributed by atoms with Gasteiger partial charge >= 0.3 is 0 Å². The highest BCUT2D eigenvalue weighted by molar-refractivity contribution is 5.88. The lowest BCUT2D eigenvalue weighted by Gasteiger charge is -2.15. The molecule has 1 aromatic carbocycles. The third kappa shape index (κ3) is 4.56. The monoisotopic (exact) mass is 299 g/mol. The molecular formula is C17H21N3O2. The van der Waals surface area contributed by atoms with Crippen LogP contribution in [0.15, 0.2) is 42.6 Å². The summed E-state index contributed by atoms with van der Waals surface area (Å²) in [6.07, 6.45) is 1.73. The number of ether oxygens (including phenoxy) is 1. The summed E-state index contributed by atoms with van der Waals surface area (Å²) in [5.41, 5.74) is 2.83. The van der Waals surface area contributed by atoms with Gasteiger partial charge in [0.15, 0.2) is 0 Å². The molecule has 0 aliphatic rings. The largest absolute Gasteiger partial charge is 0.497 e. The molecule has 0 aliphatic carbocycles. The van der Waals surface area contributed by atoms with E-state index < -0.39 is 0 Å². The molecule has 2 rings (SSSR count). The number of pyridine rings is 1. The van der Waals surface area contributed by atoms with Crippen LogP contribution >= 0.6 is 0 Å². The molecule has 22 heavy (non-hydrogen) atoms. The van der Waals surface area contributed by atoms with Gasteiger partial charge in [-0.05, 0) is 30.7 Å². The number of carbonyl (C=O) groups is 1. The summed E-state index contributed by atoms with van der Waals surface area (Å²) >= 11 is 0. The van der Waals surface area contributed by atoms with Crippen molar-refractivity contribution in [1.82, 2.24) is 10.3 Å². The van der Waals surface area contributed by atoms with Gasteiger partial charge in [-0.25, -0.2) is 0 Å². The van der Waals surface area contributed by atoms with E-state index in [0.717, 1.165) is 22.7 Å². The summed E-state index contributed by atoms with van der Waals surface area (Å²) in [4.78, 5) is 15.4. The van der Waals surface area contributed by atoms with E-state index in [1.807, 2.05) is 36.4 Å². The van der Waals surface area contributed by atoms with E-state index in [1.54, 1.807) is 13.3 Å². The average Bonchev–Trinajstić information content (AvgIpc) is 2.52. The lowest BCUT2D eigenvalue weighted by atomic mass is 10.1. The zero-order valence-corrected chi connectivity index (χ0v) is 13.1. The standard InChI is InChI=1S/C17H21N3O2/c1-12(14-5-4-6-15(9-14)20-13(2)21)19-11-16-10-17(22-3)7-8-18-16/h4-10,12,19H,11H2,1-3H3,(H,20,21)/t12-/m0/s1. The van der Waals surface area contributed by atoms with Crippen molar-refractivity contribution in [1.29, 1.82) is 0 Å². The fraction of sp³-hybridized carbons (Fsp3) is 0.294. The van der Waals surface area contributed by atoms with Crippen LogP contribution in [-0.4, -0.2) is 18.0 Å². The summed E-state index contributed by atoms with van der Waals surface area (Å²) in [6.45, 7) is 4.22. The van der Waals surface area contributed by atoms with Crippen molar-refractivity contribution in [2.24, 2.45) is 0 Å². The molecule has 0 radical (unpaired) electrons. The number of nitrogens with zero attached hydrogens (tertiary/aromatic N) is 1. The van der Waals surface area contributed by atoms with Crippen LogP contribution in [0.3, 0.4) is 0 Å². The van der Waals surface area contributed by atoms with Gasteiger partial charge in [0.2, 0.25) is 5.91 Å². The second kappa shape index (κ2) is 7.56. The van der Waals surface area contributed by atoms with Gasteiger partial charge in [0.1, 0.15) is 5.75 Å². The lowest BCUT2D eigenvalue weighted by Crippen LogP contribution is -2.19. The molecule has 1 aromatic heterocycles. The Hall–Kier alpha value is -2.40. The molecule has 2 aromatic rings. The molecule has 1 atom stereocenters. The molecule has 0 saturated carbocycles. The Morgan fingerprint density at radius 2 is 2.14 bits per heavy atom. The number of aromatic nitrogens is 1. The zero-order valence-electron chi connectivity index (χ0n) is 13.1. The molecule has 0 bridgehead atoms. The van der Waals surface area contributed by atoms with E-state index in [4.69, 9.17) is 4.74 Å². The maximum atomic E-state index is 11.1. The first-order valence-corrected chi connectivity index (χ1v) is 7.18. The second-order valence-corrected chi connectivity index (χ2v) is 5.10. The molecule has 116 valence electrons. The third-order valence-electron chi connectivity index (χ3n) is 3.32. The SMILES string of the molecule is COc1ccnc(CN[C@@H](C)c2cccc(NC(C)=O)c2)c1. The minimum atomic E-state index is -0.0710.